The average Bonchev–Trinajstić information content (AvgIpc) is 2.59. The van der Waals surface area contributed by atoms with E-state index in [1.807, 2.05) is 0 Å². The lowest BCUT2D eigenvalue weighted by atomic mass is 10.2. The van der Waals surface area contributed by atoms with Crippen molar-refractivity contribution in [3.63, 3.8) is 0 Å². The number of sulfonamides is 1. The van der Waals surface area contributed by atoms with Gasteiger partial charge in [-0.05, 0) is 30.3 Å². The molecule has 0 aliphatic rings. The van der Waals surface area contributed by atoms with E-state index in [4.69, 9.17) is 23.2 Å². The molecule has 3 aromatic rings. The first-order valence-electron chi connectivity index (χ1n) is 7.94. The standard InChI is InChI=1S/C17H15Cl2N2O5PS/c18-13-8-14(19)10-16(9-13)28(25,26)21(5-6-27(22,23)24)15-7-12-3-1-2-4-17(12)20-11-15/h1-4,7-11H,5-6H2,(H2,22,23,24). The number of pyridine rings is 1. The predicted molar refractivity (Wildman–Crippen MR) is 110 cm³/mol. The summed E-state index contributed by atoms with van der Waals surface area (Å²) in [5, 5.41) is 0.927. The lowest BCUT2D eigenvalue weighted by molar-refractivity contribution is 0.373. The molecule has 0 radical (unpaired) electrons. The quantitative estimate of drug-likeness (QED) is 0.539. The third-order valence-corrected chi connectivity index (χ3v) is 6.91. The van der Waals surface area contributed by atoms with Crippen LogP contribution in [0.3, 0.4) is 0 Å². The largest absolute Gasteiger partial charge is 0.327 e. The Balaban J connectivity index is 2.13. The van der Waals surface area contributed by atoms with Crippen molar-refractivity contribution in [3.05, 3.63) is 64.8 Å². The van der Waals surface area contributed by atoms with Crippen LogP contribution in [-0.2, 0) is 14.6 Å². The van der Waals surface area contributed by atoms with E-state index >= 15 is 0 Å². The Bertz CT molecular complexity index is 1160. The first-order chi connectivity index (χ1) is 13.1. The maximum absolute atomic E-state index is 13.2. The van der Waals surface area contributed by atoms with Gasteiger partial charge in [-0.3, -0.25) is 13.9 Å². The number of hydrogen-bond acceptors (Lipinski definition) is 4. The number of rotatable bonds is 6. The van der Waals surface area contributed by atoms with E-state index in [1.54, 1.807) is 30.3 Å². The van der Waals surface area contributed by atoms with Crippen LogP contribution in [-0.4, -0.2) is 35.9 Å². The first kappa shape index (κ1) is 21.0. The fraction of sp³-hybridized carbons (Fsp3) is 0.118. The van der Waals surface area contributed by atoms with Gasteiger partial charge >= 0.3 is 7.60 Å². The van der Waals surface area contributed by atoms with Crippen LogP contribution in [0.4, 0.5) is 5.69 Å². The van der Waals surface area contributed by atoms with Crippen molar-refractivity contribution in [1.82, 2.24) is 4.98 Å². The number of benzene rings is 2. The molecule has 148 valence electrons. The molecule has 0 saturated carbocycles. The summed E-state index contributed by atoms with van der Waals surface area (Å²) in [6, 6.07) is 12.5. The molecule has 28 heavy (non-hydrogen) atoms. The summed E-state index contributed by atoms with van der Waals surface area (Å²) < 4.78 is 38.7. The molecule has 0 fully saturated rings. The van der Waals surface area contributed by atoms with Gasteiger partial charge in [0, 0.05) is 22.0 Å². The molecule has 0 saturated heterocycles. The van der Waals surface area contributed by atoms with Crippen molar-refractivity contribution in [2.24, 2.45) is 0 Å². The van der Waals surface area contributed by atoms with Gasteiger partial charge in [0.2, 0.25) is 0 Å². The van der Waals surface area contributed by atoms with Crippen LogP contribution in [0.15, 0.2) is 59.6 Å². The number of anilines is 1. The van der Waals surface area contributed by atoms with E-state index in [0.29, 0.717) is 10.9 Å². The number of fused-ring (bicyclic) bond motifs is 1. The fourth-order valence-electron chi connectivity index (χ4n) is 2.61. The molecule has 11 heteroatoms. The zero-order valence-corrected chi connectivity index (χ0v) is 17.5. The van der Waals surface area contributed by atoms with Gasteiger partial charge in [0.25, 0.3) is 10.0 Å². The van der Waals surface area contributed by atoms with Crippen molar-refractivity contribution < 1.29 is 22.8 Å². The van der Waals surface area contributed by atoms with Crippen LogP contribution in [0.5, 0.6) is 0 Å². The molecule has 0 atom stereocenters. The highest BCUT2D eigenvalue weighted by Gasteiger charge is 2.28. The lowest BCUT2D eigenvalue weighted by Gasteiger charge is -2.25. The third-order valence-electron chi connectivity index (χ3n) is 3.88. The van der Waals surface area contributed by atoms with E-state index in [2.05, 4.69) is 4.98 Å². The van der Waals surface area contributed by atoms with Crippen molar-refractivity contribution in [1.29, 1.82) is 0 Å². The number of nitrogens with zero attached hydrogens (tertiary/aromatic N) is 2. The van der Waals surface area contributed by atoms with Crippen molar-refractivity contribution in [3.8, 4) is 0 Å². The molecule has 0 bridgehead atoms. The molecule has 1 aromatic heterocycles. The Hall–Kier alpha value is -1.67. The van der Waals surface area contributed by atoms with Crippen LogP contribution in [0.1, 0.15) is 0 Å². The van der Waals surface area contributed by atoms with Crippen LogP contribution in [0.25, 0.3) is 10.9 Å². The molecule has 2 aromatic carbocycles. The highest BCUT2D eigenvalue weighted by atomic mass is 35.5. The minimum Gasteiger partial charge on any atom is -0.324 e. The molecule has 2 N–H and O–H groups in total. The van der Waals surface area contributed by atoms with Gasteiger partial charge in [0.05, 0.1) is 28.5 Å². The smallest absolute Gasteiger partial charge is 0.324 e. The van der Waals surface area contributed by atoms with Crippen LogP contribution >= 0.6 is 30.8 Å². The Labute approximate surface area is 171 Å². The summed E-state index contributed by atoms with van der Waals surface area (Å²) in [5.74, 6) is 0. The molecule has 0 unspecified atom stereocenters. The van der Waals surface area contributed by atoms with Crippen LogP contribution < -0.4 is 4.31 Å². The van der Waals surface area contributed by atoms with Gasteiger partial charge in [-0.1, -0.05) is 41.4 Å². The van der Waals surface area contributed by atoms with Gasteiger partial charge in [-0.25, -0.2) is 8.42 Å². The second-order valence-electron chi connectivity index (χ2n) is 5.96. The summed E-state index contributed by atoms with van der Waals surface area (Å²) in [6.45, 7) is -0.448. The van der Waals surface area contributed by atoms with E-state index < -0.39 is 30.3 Å². The molecule has 0 aliphatic carbocycles. The van der Waals surface area contributed by atoms with Crippen LogP contribution in [0, 0.1) is 0 Å². The second kappa shape index (κ2) is 7.99. The highest BCUT2D eigenvalue weighted by Crippen LogP contribution is 2.36. The number of halogens is 2. The molecule has 0 amide bonds. The van der Waals surface area contributed by atoms with E-state index in [9.17, 15) is 22.8 Å². The normalized spacial score (nSPS) is 12.3. The predicted octanol–water partition coefficient (Wildman–Crippen LogP) is 3.91. The highest BCUT2D eigenvalue weighted by molar-refractivity contribution is 7.92. The Morgan fingerprint density at radius 1 is 1.04 bits per heavy atom. The van der Waals surface area contributed by atoms with Gasteiger partial charge in [0.1, 0.15) is 0 Å². The van der Waals surface area contributed by atoms with Crippen molar-refractivity contribution in [2.75, 3.05) is 17.0 Å². The summed E-state index contributed by atoms with van der Waals surface area (Å²) >= 11 is 11.9. The van der Waals surface area contributed by atoms with E-state index in [-0.39, 0.29) is 20.6 Å². The van der Waals surface area contributed by atoms with Crippen LogP contribution in [0.2, 0.25) is 10.0 Å². The fourth-order valence-corrected chi connectivity index (χ4v) is 5.38. The topological polar surface area (TPSA) is 108 Å². The molecular formula is C17H15Cl2N2O5PS. The maximum atomic E-state index is 13.2. The average molecular weight is 461 g/mol. The van der Waals surface area contributed by atoms with Crippen molar-refractivity contribution >= 4 is 57.4 Å². The van der Waals surface area contributed by atoms with Crippen molar-refractivity contribution in [2.45, 2.75) is 4.90 Å². The Morgan fingerprint density at radius 2 is 1.68 bits per heavy atom. The van der Waals surface area contributed by atoms with Gasteiger partial charge in [-0.2, -0.15) is 0 Å². The molecular weight excluding hydrogens is 446 g/mol. The molecule has 0 spiro atoms. The molecule has 3 rings (SSSR count). The minimum atomic E-state index is -4.45. The minimum absolute atomic E-state index is 0.123. The zero-order chi connectivity index (χ0) is 20.5. The van der Waals surface area contributed by atoms with E-state index in [1.165, 1.54) is 24.4 Å². The van der Waals surface area contributed by atoms with Gasteiger partial charge in [-0.15, -0.1) is 0 Å². The zero-order valence-electron chi connectivity index (χ0n) is 14.2. The van der Waals surface area contributed by atoms with Gasteiger partial charge in [0.15, 0.2) is 0 Å². The third kappa shape index (κ3) is 4.84. The second-order valence-corrected chi connectivity index (χ2v) is 10.5. The maximum Gasteiger partial charge on any atom is 0.327 e. The number of para-hydroxylation sites is 1. The summed E-state index contributed by atoms with van der Waals surface area (Å²) in [4.78, 5) is 22.5. The monoisotopic (exact) mass is 460 g/mol. The van der Waals surface area contributed by atoms with E-state index in [0.717, 1.165) is 4.31 Å². The summed E-state index contributed by atoms with van der Waals surface area (Å²) in [5.41, 5.74) is 0.827. The molecule has 1 heterocycles. The molecule has 7 nitrogen and oxygen atoms in total. The number of aromatic nitrogens is 1. The summed E-state index contributed by atoms with van der Waals surface area (Å²) in [6.07, 6.45) is 0.680. The Kier molecular flexibility index (Phi) is 6.00. The van der Waals surface area contributed by atoms with Gasteiger partial charge < -0.3 is 9.79 Å². The molecule has 0 aliphatic heterocycles. The number of hydrogen-bond donors (Lipinski definition) is 2. The lowest BCUT2D eigenvalue weighted by Crippen LogP contribution is -2.33. The SMILES string of the molecule is O=P(O)(O)CCN(c1cnc2ccccc2c1)S(=O)(=O)c1cc(Cl)cc(Cl)c1. The summed E-state index contributed by atoms with van der Waals surface area (Å²) in [7, 11) is -8.66. The Morgan fingerprint density at radius 3 is 2.32 bits per heavy atom. The first-order valence-corrected chi connectivity index (χ1v) is 11.9.